The maximum atomic E-state index is 12.5. The van der Waals surface area contributed by atoms with Crippen LogP contribution >= 0.6 is 0 Å². The van der Waals surface area contributed by atoms with Crippen molar-refractivity contribution in [3.05, 3.63) is 23.8 Å². The molecule has 1 aromatic rings. The van der Waals surface area contributed by atoms with Crippen LogP contribution in [0.25, 0.3) is 0 Å². The van der Waals surface area contributed by atoms with E-state index in [9.17, 15) is 13.6 Å². The summed E-state index contributed by atoms with van der Waals surface area (Å²) < 4.78 is 29.5. The zero-order valence-corrected chi connectivity index (χ0v) is 12.5. The van der Waals surface area contributed by atoms with Gasteiger partial charge in [-0.25, -0.2) is 0 Å². The number of rotatable bonds is 4. The number of hydrogen-bond donors (Lipinski definition) is 2. The Bertz CT molecular complexity index is 571. The molecule has 4 nitrogen and oxygen atoms in total. The third kappa shape index (κ3) is 2.92. The molecule has 1 heterocycles. The number of piperidine rings is 1. The molecule has 1 aromatic carbocycles. The van der Waals surface area contributed by atoms with Gasteiger partial charge < -0.3 is 15.4 Å². The van der Waals surface area contributed by atoms with Gasteiger partial charge in [0.15, 0.2) is 0 Å². The van der Waals surface area contributed by atoms with Crippen molar-refractivity contribution in [3.63, 3.8) is 0 Å². The number of anilines is 1. The number of amides is 1. The first-order chi connectivity index (χ1) is 10.5. The standard InChI is InChI=1S/C16H20F2N2O2/c1-10-3-2-4-12(22-15(17)18)13(10)20-14(21)11-9-16(11)5-7-19-8-6-16/h2-4,11,15,19H,5-9H2,1H3,(H,20,21). The lowest BCUT2D eigenvalue weighted by Crippen LogP contribution is -2.31. The van der Waals surface area contributed by atoms with Crippen molar-refractivity contribution in [1.29, 1.82) is 0 Å². The second kappa shape index (κ2) is 5.83. The molecule has 2 N–H and O–H groups in total. The third-order valence-corrected chi connectivity index (χ3v) is 4.80. The SMILES string of the molecule is Cc1cccc(OC(F)F)c1NC(=O)C1CC12CCNCC2. The lowest BCUT2D eigenvalue weighted by Gasteiger charge is -2.23. The van der Waals surface area contributed by atoms with Crippen LogP contribution in [0.1, 0.15) is 24.8 Å². The third-order valence-electron chi connectivity index (χ3n) is 4.80. The molecule has 120 valence electrons. The maximum Gasteiger partial charge on any atom is 0.387 e. The van der Waals surface area contributed by atoms with Crippen LogP contribution in [0.3, 0.4) is 0 Å². The minimum absolute atomic E-state index is 0.0170. The fourth-order valence-electron chi connectivity index (χ4n) is 3.40. The van der Waals surface area contributed by atoms with Gasteiger partial charge in [-0.05, 0) is 56.3 Å². The first kappa shape index (κ1) is 15.2. The Morgan fingerprint density at radius 1 is 1.41 bits per heavy atom. The summed E-state index contributed by atoms with van der Waals surface area (Å²) >= 11 is 0. The maximum absolute atomic E-state index is 12.5. The molecule has 1 amide bonds. The molecule has 0 radical (unpaired) electrons. The number of para-hydroxylation sites is 1. The van der Waals surface area contributed by atoms with E-state index in [2.05, 4.69) is 15.4 Å². The number of aryl methyl sites for hydroxylation is 1. The highest BCUT2D eigenvalue weighted by Gasteiger charge is 2.57. The molecule has 1 aliphatic carbocycles. The zero-order chi connectivity index (χ0) is 15.7. The highest BCUT2D eigenvalue weighted by Crippen LogP contribution is 2.59. The van der Waals surface area contributed by atoms with Crippen molar-refractivity contribution in [3.8, 4) is 5.75 Å². The average molecular weight is 310 g/mol. The van der Waals surface area contributed by atoms with Crippen LogP contribution in [0.15, 0.2) is 18.2 Å². The topological polar surface area (TPSA) is 50.4 Å². The minimum atomic E-state index is -2.91. The summed E-state index contributed by atoms with van der Waals surface area (Å²) in [6.45, 7) is 0.734. The summed E-state index contributed by atoms with van der Waals surface area (Å²) in [6, 6.07) is 4.84. The number of ether oxygens (including phenoxy) is 1. The number of benzene rings is 1. The Balaban J connectivity index is 1.72. The van der Waals surface area contributed by atoms with E-state index in [1.165, 1.54) is 6.07 Å². The minimum Gasteiger partial charge on any atom is -0.433 e. The molecule has 1 spiro atoms. The first-order valence-corrected chi connectivity index (χ1v) is 7.58. The summed E-state index contributed by atoms with van der Waals surface area (Å²) in [5, 5.41) is 6.09. The summed E-state index contributed by atoms with van der Waals surface area (Å²) in [5.74, 6) is -0.0905. The lowest BCUT2D eigenvalue weighted by atomic mass is 9.91. The molecule has 6 heteroatoms. The van der Waals surface area contributed by atoms with Gasteiger partial charge in [-0.1, -0.05) is 12.1 Å². The predicted octanol–water partition coefficient (Wildman–Crippen LogP) is 2.92. The number of alkyl halides is 2. The molecule has 22 heavy (non-hydrogen) atoms. The Morgan fingerprint density at radius 2 is 2.14 bits per heavy atom. The molecule has 1 saturated carbocycles. The van der Waals surface area contributed by atoms with E-state index in [1.807, 2.05) is 0 Å². The van der Waals surface area contributed by atoms with Crippen LogP contribution < -0.4 is 15.4 Å². The second-order valence-corrected chi connectivity index (χ2v) is 6.18. The van der Waals surface area contributed by atoms with Gasteiger partial charge in [0.1, 0.15) is 5.75 Å². The predicted molar refractivity (Wildman–Crippen MR) is 79.1 cm³/mol. The van der Waals surface area contributed by atoms with Gasteiger partial charge in [0.05, 0.1) is 5.69 Å². The number of halogens is 2. The van der Waals surface area contributed by atoms with Gasteiger partial charge in [-0.3, -0.25) is 4.79 Å². The van der Waals surface area contributed by atoms with E-state index >= 15 is 0 Å². The van der Waals surface area contributed by atoms with Crippen LogP contribution in [0.2, 0.25) is 0 Å². The Morgan fingerprint density at radius 3 is 2.82 bits per heavy atom. The molecule has 0 aromatic heterocycles. The quantitative estimate of drug-likeness (QED) is 0.899. The van der Waals surface area contributed by atoms with E-state index in [1.54, 1.807) is 19.1 Å². The first-order valence-electron chi connectivity index (χ1n) is 7.58. The molecular weight excluding hydrogens is 290 g/mol. The van der Waals surface area contributed by atoms with Gasteiger partial charge in [0, 0.05) is 5.92 Å². The van der Waals surface area contributed by atoms with Gasteiger partial charge >= 0.3 is 6.61 Å². The van der Waals surface area contributed by atoms with Crippen molar-refractivity contribution in [1.82, 2.24) is 5.32 Å². The van der Waals surface area contributed by atoms with Crippen molar-refractivity contribution in [2.24, 2.45) is 11.3 Å². The second-order valence-electron chi connectivity index (χ2n) is 6.18. The summed E-state index contributed by atoms with van der Waals surface area (Å²) in [6.07, 6.45) is 2.88. The molecule has 3 rings (SSSR count). The average Bonchev–Trinajstić information content (AvgIpc) is 3.16. The van der Waals surface area contributed by atoms with Gasteiger partial charge in [0.2, 0.25) is 5.91 Å². The normalized spacial score (nSPS) is 22.6. The monoisotopic (exact) mass is 310 g/mol. The van der Waals surface area contributed by atoms with E-state index in [0.29, 0.717) is 11.3 Å². The van der Waals surface area contributed by atoms with Crippen LogP contribution in [-0.2, 0) is 4.79 Å². The van der Waals surface area contributed by atoms with E-state index in [0.717, 1.165) is 32.4 Å². The van der Waals surface area contributed by atoms with Crippen LogP contribution in [0, 0.1) is 18.3 Å². The fourth-order valence-corrected chi connectivity index (χ4v) is 3.40. The van der Waals surface area contributed by atoms with E-state index < -0.39 is 6.61 Å². The summed E-state index contributed by atoms with van der Waals surface area (Å²) in [5.41, 5.74) is 1.18. The Hall–Kier alpha value is -1.69. The van der Waals surface area contributed by atoms with Crippen molar-refractivity contribution in [2.45, 2.75) is 32.8 Å². The molecular formula is C16H20F2N2O2. The van der Waals surface area contributed by atoms with Crippen LogP contribution in [0.4, 0.5) is 14.5 Å². The molecule has 1 saturated heterocycles. The van der Waals surface area contributed by atoms with Crippen molar-refractivity contribution in [2.75, 3.05) is 18.4 Å². The molecule has 1 aliphatic heterocycles. The number of nitrogens with one attached hydrogen (secondary N) is 2. The molecule has 0 bridgehead atoms. The number of carbonyl (C=O) groups is 1. The molecule has 1 atom stereocenters. The van der Waals surface area contributed by atoms with Crippen molar-refractivity contribution < 1.29 is 18.3 Å². The van der Waals surface area contributed by atoms with Gasteiger partial charge in [0.25, 0.3) is 0 Å². The van der Waals surface area contributed by atoms with Gasteiger partial charge in [-0.2, -0.15) is 8.78 Å². The summed E-state index contributed by atoms with van der Waals surface area (Å²) in [7, 11) is 0. The lowest BCUT2D eigenvalue weighted by molar-refractivity contribution is -0.118. The number of hydrogen-bond acceptors (Lipinski definition) is 3. The molecule has 2 fully saturated rings. The van der Waals surface area contributed by atoms with Crippen LogP contribution in [-0.4, -0.2) is 25.6 Å². The van der Waals surface area contributed by atoms with Crippen molar-refractivity contribution >= 4 is 11.6 Å². The molecule has 2 aliphatic rings. The highest BCUT2D eigenvalue weighted by atomic mass is 19.3. The highest BCUT2D eigenvalue weighted by molar-refractivity contribution is 5.97. The zero-order valence-electron chi connectivity index (χ0n) is 12.5. The van der Waals surface area contributed by atoms with E-state index in [-0.39, 0.29) is 23.0 Å². The number of carbonyl (C=O) groups excluding carboxylic acids is 1. The smallest absolute Gasteiger partial charge is 0.387 e. The molecule has 1 unspecified atom stereocenters. The van der Waals surface area contributed by atoms with E-state index in [4.69, 9.17) is 0 Å². The van der Waals surface area contributed by atoms with Crippen LogP contribution in [0.5, 0.6) is 5.75 Å². The largest absolute Gasteiger partial charge is 0.433 e. The Kier molecular flexibility index (Phi) is 4.04. The Labute approximate surface area is 128 Å². The summed E-state index contributed by atoms with van der Waals surface area (Å²) in [4.78, 5) is 12.5. The van der Waals surface area contributed by atoms with Gasteiger partial charge in [-0.15, -0.1) is 0 Å². The fraction of sp³-hybridized carbons (Fsp3) is 0.562.